The second kappa shape index (κ2) is 4.29. The van der Waals surface area contributed by atoms with Crippen molar-refractivity contribution < 1.29 is 13.2 Å². The summed E-state index contributed by atoms with van der Waals surface area (Å²) in [6, 6.07) is 2.22. The lowest BCUT2D eigenvalue weighted by Crippen LogP contribution is -2.03. The maximum absolute atomic E-state index is 13.1. The van der Waals surface area contributed by atoms with E-state index in [1.807, 2.05) is 17.7 Å². The van der Waals surface area contributed by atoms with E-state index in [0.29, 0.717) is 12.0 Å². The molecule has 0 bridgehead atoms. The number of imidazole rings is 1. The van der Waals surface area contributed by atoms with E-state index in [9.17, 15) is 13.2 Å². The molecule has 0 amide bonds. The fraction of sp³-hybridized carbons (Fsp3) is 0.308. The number of halogens is 3. The van der Waals surface area contributed by atoms with Crippen LogP contribution in [0.2, 0.25) is 0 Å². The van der Waals surface area contributed by atoms with Crippen molar-refractivity contribution in [1.29, 1.82) is 0 Å². The summed E-state index contributed by atoms with van der Waals surface area (Å²) in [4.78, 5) is 4.26. The van der Waals surface area contributed by atoms with Gasteiger partial charge in [-0.3, -0.25) is 0 Å². The number of nitrogens with zero attached hydrogens (tertiary/aromatic N) is 2. The van der Waals surface area contributed by atoms with E-state index >= 15 is 0 Å². The van der Waals surface area contributed by atoms with Crippen LogP contribution in [0.15, 0.2) is 18.3 Å². The predicted molar refractivity (Wildman–Crippen MR) is 64.8 cm³/mol. The molecule has 6 heteroatoms. The highest BCUT2D eigenvalue weighted by molar-refractivity contribution is 5.54. The zero-order chi connectivity index (χ0) is 13.6. The first-order chi connectivity index (χ1) is 9.04. The van der Waals surface area contributed by atoms with E-state index in [1.165, 1.54) is 0 Å². The van der Waals surface area contributed by atoms with Crippen LogP contribution in [0.5, 0.6) is 0 Å². The van der Waals surface area contributed by atoms with Crippen LogP contribution in [0.4, 0.5) is 24.8 Å². The molecule has 1 saturated carbocycles. The third-order valence-corrected chi connectivity index (χ3v) is 3.03. The maximum atomic E-state index is 13.1. The molecule has 1 fully saturated rings. The van der Waals surface area contributed by atoms with E-state index in [2.05, 4.69) is 10.3 Å². The molecular weight excluding hydrogens is 255 g/mol. The minimum Gasteiger partial charge on any atom is -0.325 e. The van der Waals surface area contributed by atoms with Crippen LogP contribution in [-0.4, -0.2) is 9.55 Å². The zero-order valence-corrected chi connectivity index (χ0v) is 10.3. The van der Waals surface area contributed by atoms with Crippen LogP contribution in [0.3, 0.4) is 0 Å². The topological polar surface area (TPSA) is 29.9 Å². The average molecular weight is 267 g/mol. The Bertz CT molecular complexity index is 609. The Balaban J connectivity index is 1.93. The first kappa shape index (κ1) is 12.1. The summed E-state index contributed by atoms with van der Waals surface area (Å²) in [7, 11) is 0. The lowest BCUT2D eigenvalue weighted by atomic mass is 10.3. The summed E-state index contributed by atoms with van der Waals surface area (Å²) in [5, 5.41) is 2.83. The number of anilines is 2. The molecule has 0 radical (unpaired) electrons. The smallest absolute Gasteiger partial charge is 0.207 e. The van der Waals surface area contributed by atoms with Gasteiger partial charge in [0.2, 0.25) is 5.95 Å². The highest BCUT2D eigenvalue weighted by Gasteiger charge is 2.26. The summed E-state index contributed by atoms with van der Waals surface area (Å²) in [5.41, 5.74) is 0.960. The Morgan fingerprint density at radius 3 is 2.42 bits per heavy atom. The summed E-state index contributed by atoms with van der Waals surface area (Å²) in [6.07, 6.45) is 4.02. The number of aryl methyl sites for hydroxylation is 1. The molecule has 1 aliphatic carbocycles. The summed E-state index contributed by atoms with van der Waals surface area (Å²) >= 11 is 0. The van der Waals surface area contributed by atoms with Gasteiger partial charge in [-0.1, -0.05) is 0 Å². The lowest BCUT2D eigenvalue weighted by molar-refractivity contribution is 0.448. The molecule has 1 aromatic carbocycles. The van der Waals surface area contributed by atoms with Gasteiger partial charge in [0.1, 0.15) is 0 Å². The molecule has 1 heterocycles. The van der Waals surface area contributed by atoms with Gasteiger partial charge in [-0.25, -0.2) is 18.2 Å². The highest BCUT2D eigenvalue weighted by atomic mass is 19.2. The van der Waals surface area contributed by atoms with Gasteiger partial charge in [0.25, 0.3) is 0 Å². The summed E-state index contributed by atoms with van der Waals surface area (Å²) < 4.78 is 41.1. The van der Waals surface area contributed by atoms with Gasteiger partial charge in [0.05, 0.1) is 5.69 Å². The van der Waals surface area contributed by atoms with Gasteiger partial charge in [-0.05, 0) is 19.8 Å². The first-order valence-corrected chi connectivity index (χ1v) is 6.01. The first-order valence-electron chi connectivity index (χ1n) is 6.01. The lowest BCUT2D eigenvalue weighted by Gasteiger charge is -2.09. The number of benzene rings is 1. The molecule has 0 atom stereocenters. The summed E-state index contributed by atoms with van der Waals surface area (Å²) in [6.45, 7) is 1.84. The quantitative estimate of drug-likeness (QED) is 0.859. The molecule has 19 heavy (non-hydrogen) atoms. The average Bonchev–Trinajstić information content (AvgIpc) is 3.11. The molecule has 100 valence electrons. The largest absolute Gasteiger partial charge is 0.325 e. The molecule has 0 saturated heterocycles. The van der Waals surface area contributed by atoms with Crippen LogP contribution < -0.4 is 5.32 Å². The second-order valence-electron chi connectivity index (χ2n) is 4.72. The summed E-state index contributed by atoms with van der Waals surface area (Å²) in [5.74, 6) is -3.38. The Morgan fingerprint density at radius 1 is 1.21 bits per heavy atom. The Morgan fingerprint density at radius 2 is 1.84 bits per heavy atom. The van der Waals surface area contributed by atoms with E-state index < -0.39 is 17.5 Å². The number of hydrogen-bond donors (Lipinski definition) is 1. The van der Waals surface area contributed by atoms with Crippen molar-refractivity contribution in [2.45, 2.75) is 25.8 Å². The molecular formula is C13H12F3N3. The van der Waals surface area contributed by atoms with Crippen LogP contribution in [0.25, 0.3) is 0 Å². The minimum atomic E-state index is -1.47. The Kier molecular flexibility index (Phi) is 2.73. The normalized spacial score (nSPS) is 14.7. The molecule has 0 unspecified atom stereocenters. The van der Waals surface area contributed by atoms with Gasteiger partial charge in [-0.2, -0.15) is 0 Å². The third-order valence-electron chi connectivity index (χ3n) is 3.03. The molecule has 3 nitrogen and oxygen atoms in total. The van der Waals surface area contributed by atoms with Crippen LogP contribution >= 0.6 is 0 Å². The molecule has 1 N–H and O–H groups in total. The molecule has 2 aromatic rings. The van der Waals surface area contributed by atoms with Crippen LogP contribution in [-0.2, 0) is 0 Å². The van der Waals surface area contributed by atoms with E-state index in [1.54, 1.807) is 0 Å². The van der Waals surface area contributed by atoms with Gasteiger partial charge >= 0.3 is 0 Å². The van der Waals surface area contributed by atoms with Gasteiger partial charge < -0.3 is 9.88 Å². The molecule has 1 aliphatic rings. The number of hydrogen-bond acceptors (Lipinski definition) is 2. The Hall–Kier alpha value is -1.98. The van der Waals surface area contributed by atoms with Crippen molar-refractivity contribution in [3.05, 3.63) is 41.5 Å². The third kappa shape index (κ3) is 2.30. The number of rotatable bonds is 3. The number of nitrogens with one attached hydrogen (secondary N) is 1. The highest BCUT2D eigenvalue weighted by Crippen LogP contribution is 2.38. The van der Waals surface area contributed by atoms with Crippen molar-refractivity contribution >= 4 is 11.6 Å². The molecule has 3 rings (SSSR count). The zero-order valence-electron chi connectivity index (χ0n) is 10.3. The molecule has 0 spiro atoms. The van der Waals surface area contributed by atoms with Crippen LogP contribution in [0.1, 0.15) is 24.6 Å². The maximum Gasteiger partial charge on any atom is 0.207 e. The van der Waals surface area contributed by atoms with Crippen molar-refractivity contribution in [1.82, 2.24) is 9.55 Å². The van der Waals surface area contributed by atoms with Gasteiger partial charge in [0.15, 0.2) is 17.5 Å². The second-order valence-corrected chi connectivity index (χ2v) is 4.72. The van der Waals surface area contributed by atoms with E-state index in [4.69, 9.17) is 0 Å². The number of aromatic nitrogens is 2. The van der Waals surface area contributed by atoms with Crippen molar-refractivity contribution in [3.63, 3.8) is 0 Å². The van der Waals surface area contributed by atoms with E-state index in [0.717, 1.165) is 30.7 Å². The minimum absolute atomic E-state index is 0.143. The van der Waals surface area contributed by atoms with Crippen molar-refractivity contribution in [2.75, 3.05) is 5.32 Å². The Labute approximate surface area is 108 Å². The van der Waals surface area contributed by atoms with Crippen molar-refractivity contribution in [3.8, 4) is 0 Å². The van der Waals surface area contributed by atoms with Gasteiger partial charge in [0, 0.05) is 30.1 Å². The standard InChI is InChI=1S/C13H12F3N3/c1-7-6-19(9-2-3-9)13(17-7)18-8-4-10(14)12(16)11(15)5-8/h4-6,9H,2-3H2,1H3,(H,17,18). The fourth-order valence-electron chi connectivity index (χ4n) is 2.00. The molecule has 0 aliphatic heterocycles. The monoisotopic (exact) mass is 267 g/mol. The predicted octanol–water partition coefficient (Wildman–Crippen LogP) is 3.69. The fourth-order valence-corrected chi connectivity index (χ4v) is 2.00. The molecule has 1 aromatic heterocycles. The van der Waals surface area contributed by atoms with Crippen LogP contribution in [0, 0.1) is 24.4 Å². The van der Waals surface area contributed by atoms with Gasteiger partial charge in [-0.15, -0.1) is 0 Å². The van der Waals surface area contributed by atoms with Crippen molar-refractivity contribution in [2.24, 2.45) is 0 Å². The van der Waals surface area contributed by atoms with E-state index in [-0.39, 0.29) is 5.69 Å². The SMILES string of the molecule is Cc1cn(C2CC2)c(Nc2cc(F)c(F)c(F)c2)n1.